The molecule has 0 saturated carbocycles. The summed E-state index contributed by atoms with van der Waals surface area (Å²) in [7, 11) is -2.41. The number of rotatable bonds is 7. The van der Waals surface area contributed by atoms with Gasteiger partial charge in [-0.15, -0.1) is 0 Å². The van der Waals surface area contributed by atoms with E-state index in [9.17, 15) is 13.2 Å². The van der Waals surface area contributed by atoms with Crippen molar-refractivity contribution in [2.45, 2.75) is 37.1 Å². The van der Waals surface area contributed by atoms with Gasteiger partial charge in [-0.3, -0.25) is 9.10 Å². The SMILES string of the molecule is COc1ccc(N(CC(=O)N[C@H]2CCCc3ccccc32)S(=O)(=O)c2ccc(C)cc2)cc1. The van der Waals surface area contributed by atoms with Gasteiger partial charge in [-0.05, 0) is 73.7 Å². The van der Waals surface area contributed by atoms with Gasteiger partial charge >= 0.3 is 0 Å². The first kappa shape index (κ1) is 22.9. The minimum atomic E-state index is -3.96. The molecule has 172 valence electrons. The molecule has 0 aliphatic heterocycles. The Labute approximate surface area is 195 Å². The molecule has 0 saturated heterocycles. The predicted molar refractivity (Wildman–Crippen MR) is 129 cm³/mol. The number of nitrogens with one attached hydrogen (secondary N) is 1. The van der Waals surface area contributed by atoms with Crippen LogP contribution in [0, 0.1) is 6.92 Å². The highest BCUT2D eigenvalue weighted by Crippen LogP contribution is 2.30. The first-order chi connectivity index (χ1) is 15.9. The number of hydrogen-bond donors (Lipinski definition) is 1. The summed E-state index contributed by atoms with van der Waals surface area (Å²) in [6.07, 6.45) is 2.80. The van der Waals surface area contributed by atoms with Crippen LogP contribution in [-0.2, 0) is 21.2 Å². The number of nitrogens with zero attached hydrogens (tertiary/aromatic N) is 1. The first-order valence-electron chi connectivity index (χ1n) is 11.0. The Morgan fingerprint density at radius 3 is 2.42 bits per heavy atom. The van der Waals surface area contributed by atoms with Crippen molar-refractivity contribution < 1.29 is 17.9 Å². The second-order valence-electron chi connectivity index (χ2n) is 8.23. The van der Waals surface area contributed by atoms with Crippen molar-refractivity contribution in [2.75, 3.05) is 18.0 Å². The fourth-order valence-corrected chi connectivity index (χ4v) is 5.60. The number of carbonyl (C=O) groups excluding carboxylic acids is 1. The maximum atomic E-state index is 13.5. The van der Waals surface area contributed by atoms with Crippen LogP contribution in [0.25, 0.3) is 0 Å². The summed E-state index contributed by atoms with van der Waals surface area (Å²) in [5, 5.41) is 3.06. The van der Waals surface area contributed by atoms with E-state index in [0.717, 1.165) is 34.7 Å². The Morgan fingerprint density at radius 1 is 1.03 bits per heavy atom. The smallest absolute Gasteiger partial charge is 0.264 e. The lowest BCUT2D eigenvalue weighted by Gasteiger charge is -2.29. The molecule has 1 atom stereocenters. The van der Waals surface area contributed by atoms with Crippen molar-refractivity contribution in [3.63, 3.8) is 0 Å². The molecule has 3 aromatic rings. The van der Waals surface area contributed by atoms with Gasteiger partial charge in [-0.2, -0.15) is 0 Å². The summed E-state index contributed by atoms with van der Waals surface area (Å²) in [5.74, 6) is 0.262. The number of ether oxygens (including phenoxy) is 1. The molecule has 6 nitrogen and oxygen atoms in total. The lowest BCUT2D eigenvalue weighted by molar-refractivity contribution is -0.120. The molecule has 0 unspecified atom stereocenters. The highest BCUT2D eigenvalue weighted by molar-refractivity contribution is 7.92. The molecule has 0 heterocycles. The zero-order valence-electron chi connectivity index (χ0n) is 18.8. The minimum Gasteiger partial charge on any atom is -0.497 e. The van der Waals surface area contributed by atoms with Crippen molar-refractivity contribution >= 4 is 21.6 Å². The molecule has 0 spiro atoms. The van der Waals surface area contributed by atoms with Gasteiger partial charge in [0.25, 0.3) is 10.0 Å². The second kappa shape index (κ2) is 9.67. The van der Waals surface area contributed by atoms with Crippen molar-refractivity contribution in [1.29, 1.82) is 0 Å². The molecule has 7 heteroatoms. The van der Waals surface area contributed by atoms with Crippen LogP contribution in [0.2, 0.25) is 0 Å². The van der Waals surface area contributed by atoms with Crippen LogP contribution in [0.15, 0.2) is 77.7 Å². The number of anilines is 1. The zero-order chi connectivity index (χ0) is 23.4. The molecule has 0 bridgehead atoms. The Bertz CT molecular complexity index is 1220. The third-order valence-corrected chi connectivity index (χ3v) is 7.75. The number of sulfonamides is 1. The van der Waals surface area contributed by atoms with Crippen LogP contribution in [0.5, 0.6) is 5.75 Å². The molecule has 1 aliphatic carbocycles. The Balaban J connectivity index is 1.62. The number of methoxy groups -OCH3 is 1. The fraction of sp³-hybridized carbons (Fsp3) is 0.269. The summed E-state index contributed by atoms with van der Waals surface area (Å²) >= 11 is 0. The molecular formula is C26H28N2O4S. The van der Waals surface area contributed by atoms with Crippen LogP contribution in [0.1, 0.15) is 35.6 Å². The number of hydrogen-bond acceptors (Lipinski definition) is 4. The van der Waals surface area contributed by atoms with Crippen molar-refractivity contribution in [1.82, 2.24) is 5.32 Å². The summed E-state index contributed by atoms with van der Waals surface area (Å²) in [4.78, 5) is 13.3. The van der Waals surface area contributed by atoms with Gasteiger partial charge in [0, 0.05) is 0 Å². The van der Waals surface area contributed by atoms with Gasteiger partial charge in [0.2, 0.25) is 5.91 Å². The number of benzene rings is 3. The average molecular weight is 465 g/mol. The van der Waals surface area contributed by atoms with Gasteiger partial charge in [-0.25, -0.2) is 8.42 Å². The topological polar surface area (TPSA) is 75.7 Å². The number of aryl methyl sites for hydroxylation is 2. The van der Waals surface area contributed by atoms with Crippen molar-refractivity contribution in [3.05, 3.63) is 89.5 Å². The Hall–Kier alpha value is -3.32. The summed E-state index contributed by atoms with van der Waals surface area (Å²) in [6, 6.07) is 21.2. The van der Waals surface area contributed by atoms with E-state index in [1.54, 1.807) is 55.6 Å². The minimum absolute atomic E-state index is 0.123. The maximum Gasteiger partial charge on any atom is 0.264 e. The van der Waals surface area contributed by atoms with E-state index in [1.165, 1.54) is 5.56 Å². The van der Waals surface area contributed by atoms with Crippen LogP contribution < -0.4 is 14.4 Å². The van der Waals surface area contributed by atoms with E-state index in [1.807, 2.05) is 25.1 Å². The van der Waals surface area contributed by atoms with Crippen molar-refractivity contribution in [2.24, 2.45) is 0 Å². The summed E-state index contributed by atoms with van der Waals surface area (Å²) in [5.41, 5.74) is 3.69. The molecule has 0 radical (unpaired) electrons. The molecule has 1 aliphatic rings. The summed E-state index contributed by atoms with van der Waals surface area (Å²) < 4.78 is 33.4. The number of fused-ring (bicyclic) bond motifs is 1. The third-order valence-electron chi connectivity index (χ3n) is 5.96. The molecular weight excluding hydrogens is 436 g/mol. The Kier molecular flexibility index (Phi) is 6.70. The number of amides is 1. The molecule has 1 amide bonds. The Morgan fingerprint density at radius 2 is 1.73 bits per heavy atom. The lowest BCUT2D eigenvalue weighted by Crippen LogP contribution is -2.42. The predicted octanol–water partition coefficient (Wildman–Crippen LogP) is 4.39. The van der Waals surface area contributed by atoms with Gasteiger partial charge in [0.1, 0.15) is 12.3 Å². The molecule has 1 N–H and O–H groups in total. The van der Waals surface area contributed by atoms with Gasteiger partial charge in [0.05, 0.1) is 23.7 Å². The average Bonchev–Trinajstić information content (AvgIpc) is 2.83. The largest absolute Gasteiger partial charge is 0.497 e. The quantitative estimate of drug-likeness (QED) is 0.563. The lowest BCUT2D eigenvalue weighted by atomic mass is 9.88. The van der Waals surface area contributed by atoms with Gasteiger partial charge in [0.15, 0.2) is 0 Å². The molecule has 3 aromatic carbocycles. The van der Waals surface area contributed by atoms with E-state index < -0.39 is 10.0 Å². The summed E-state index contributed by atoms with van der Waals surface area (Å²) in [6.45, 7) is 1.58. The second-order valence-corrected chi connectivity index (χ2v) is 10.1. The molecule has 33 heavy (non-hydrogen) atoms. The van der Waals surface area contributed by atoms with Gasteiger partial charge < -0.3 is 10.1 Å². The monoisotopic (exact) mass is 464 g/mol. The molecule has 4 rings (SSSR count). The van der Waals surface area contributed by atoms with Crippen molar-refractivity contribution in [3.8, 4) is 5.75 Å². The standard InChI is InChI=1S/C26H28N2O4S/c1-19-10-16-23(17-11-19)33(30,31)28(21-12-14-22(32-2)15-13-21)18-26(29)27-25-9-5-7-20-6-3-4-8-24(20)25/h3-4,6,8,10-17,25H,5,7,9,18H2,1-2H3,(H,27,29)/t25-/m0/s1. The number of carbonyl (C=O) groups is 1. The van der Waals surface area contributed by atoms with E-state index in [4.69, 9.17) is 4.74 Å². The van der Waals surface area contributed by atoms with Crippen LogP contribution >= 0.6 is 0 Å². The highest BCUT2D eigenvalue weighted by Gasteiger charge is 2.29. The first-order valence-corrected chi connectivity index (χ1v) is 12.4. The van der Waals surface area contributed by atoms with E-state index >= 15 is 0 Å². The van der Waals surface area contributed by atoms with Crippen LogP contribution in [-0.4, -0.2) is 28.0 Å². The maximum absolute atomic E-state index is 13.5. The normalized spacial score (nSPS) is 15.4. The molecule has 0 fully saturated rings. The third kappa shape index (κ3) is 5.03. The van der Waals surface area contributed by atoms with E-state index in [0.29, 0.717) is 11.4 Å². The van der Waals surface area contributed by atoms with Crippen LogP contribution in [0.4, 0.5) is 5.69 Å². The van der Waals surface area contributed by atoms with Crippen LogP contribution in [0.3, 0.4) is 0 Å². The zero-order valence-corrected chi connectivity index (χ0v) is 19.6. The molecule has 0 aromatic heterocycles. The van der Waals surface area contributed by atoms with Gasteiger partial charge in [-0.1, -0.05) is 42.0 Å². The van der Waals surface area contributed by atoms with E-state index in [-0.39, 0.29) is 23.4 Å². The fourth-order valence-electron chi connectivity index (χ4n) is 4.18. The van der Waals surface area contributed by atoms with E-state index in [2.05, 4.69) is 11.4 Å². The highest BCUT2D eigenvalue weighted by atomic mass is 32.2.